The van der Waals surface area contributed by atoms with E-state index in [1.807, 2.05) is 5.32 Å². The fourth-order valence-electron chi connectivity index (χ4n) is 3.80. The van der Waals surface area contributed by atoms with Crippen LogP contribution in [0.1, 0.15) is 42.5 Å². The molecule has 2 amide bonds. The third kappa shape index (κ3) is 4.87. The van der Waals surface area contributed by atoms with Crippen molar-refractivity contribution in [1.29, 1.82) is 0 Å². The second kappa shape index (κ2) is 8.00. The molecule has 3 aliphatic rings. The van der Waals surface area contributed by atoms with Crippen molar-refractivity contribution in [3.05, 3.63) is 10.4 Å². The highest BCUT2D eigenvalue weighted by molar-refractivity contribution is 7.90. The Hall–Kier alpha value is -1.73. The molecule has 31 heavy (non-hydrogen) atoms. The summed E-state index contributed by atoms with van der Waals surface area (Å²) in [5.74, 6) is -2.56. The van der Waals surface area contributed by atoms with Crippen molar-refractivity contribution in [3.8, 4) is 0 Å². The van der Waals surface area contributed by atoms with Crippen molar-refractivity contribution in [3.63, 3.8) is 0 Å². The smallest absolute Gasteiger partial charge is 0.345 e. The highest BCUT2D eigenvalue weighted by Crippen LogP contribution is 2.43. The number of carbonyl (C=O) groups excluding carboxylic acids is 2. The lowest BCUT2D eigenvalue weighted by Crippen LogP contribution is -2.46. The highest BCUT2D eigenvalue weighted by atomic mass is 32.2. The van der Waals surface area contributed by atoms with Crippen LogP contribution in [-0.4, -0.2) is 44.7 Å². The number of hydrogen-bond acceptors (Lipinski definition) is 5. The van der Waals surface area contributed by atoms with E-state index in [0.717, 1.165) is 11.3 Å². The molecule has 13 heteroatoms. The molecular formula is C18H21F4N3O4S2. The van der Waals surface area contributed by atoms with Crippen LogP contribution in [0.15, 0.2) is 4.90 Å². The summed E-state index contributed by atoms with van der Waals surface area (Å²) in [6, 6.07) is -1.47. The van der Waals surface area contributed by atoms with Crippen LogP contribution in [0, 0.1) is 5.92 Å². The topological polar surface area (TPSA) is 104 Å². The Labute approximate surface area is 180 Å². The van der Waals surface area contributed by atoms with E-state index in [9.17, 15) is 35.6 Å². The largest absolute Gasteiger partial charge is 0.471 e. The summed E-state index contributed by atoms with van der Waals surface area (Å²) in [4.78, 5) is 24.0. The van der Waals surface area contributed by atoms with Gasteiger partial charge in [0.25, 0.3) is 0 Å². The van der Waals surface area contributed by atoms with Crippen LogP contribution in [0.4, 0.5) is 22.6 Å². The number of thiophene rings is 1. The third-order valence-electron chi connectivity index (χ3n) is 5.66. The first kappa shape index (κ1) is 22.5. The van der Waals surface area contributed by atoms with Gasteiger partial charge in [-0.2, -0.15) is 13.2 Å². The molecule has 7 nitrogen and oxygen atoms in total. The van der Waals surface area contributed by atoms with E-state index in [-0.39, 0.29) is 53.8 Å². The summed E-state index contributed by atoms with van der Waals surface area (Å²) in [5.41, 5.74) is 0.290. The highest BCUT2D eigenvalue weighted by Gasteiger charge is 2.42. The Morgan fingerprint density at radius 3 is 2.32 bits per heavy atom. The number of alkyl halides is 4. The number of sulfonamides is 1. The number of anilines is 1. The van der Waals surface area contributed by atoms with Gasteiger partial charge in [0, 0.05) is 22.9 Å². The number of nitrogens with one attached hydrogen (secondary N) is 3. The number of carbonyl (C=O) groups is 2. The van der Waals surface area contributed by atoms with Gasteiger partial charge in [0.1, 0.15) is 16.1 Å². The summed E-state index contributed by atoms with van der Waals surface area (Å²) in [7, 11) is -4.16. The van der Waals surface area contributed by atoms with Crippen LogP contribution in [-0.2, 0) is 32.5 Å². The first-order valence-corrected chi connectivity index (χ1v) is 12.2. The molecule has 0 aliphatic heterocycles. The van der Waals surface area contributed by atoms with Crippen LogP contribution in [0.25, 0.3) is 0 Å². The normalized spacial score (nSPS) is 26.0. The zero-order valence-electron chi connectivity index (χ0n) is 16.2. The van der Waals surface area contributed by atoms with Gasteiger partial charge >= 0.3 is 12.1 Å². The van der Waals surface area contributed by atoms with E-state index >= 15 is 0 Å². The summed E-state index contributed by atoms with van der Waals surface area (Å²) < 4.78 is 79.7. The molecule has 2 saturated carbocycles. The minimum atomic E-state index is -5.04. The van der Waals surface area contributed by atoms with Crippen molar-refractivity contribution in [2.24, 2.45) is 5.92 Å². The van der Waals surface area contributed by atoms with Gasteiger partial charge in [-0.15, -0.1) is 11.3 Å². The SMILES string of the molecule is O=C(Nc1sc2c(c1S(=O)(=O)NC1CC(F)C1)C[C@@H](NC(=O)C(F)(F)F)CC2)C1CC1. The molecular weight excluding hydrogens is 462 g/mol. The van der Waals surface area contributed by atoms with Gasteiger partial charge in [-0.25, -0.2) is 17.5 Å². The first-order chi connectivity index (χ1) is 14.4. The predicted octanol–water partition coefficient (Wildman–Crippen LogP) is 2.41. The number of halogens is 4. The molecule has 0 saturated heterocycles. The zero-order chi connectivity index (χ0) is 22.6. The molecule has 1 aromatic rings. The third-order valence-corrected chi connectivity index (χ3v) is 8.63. The molecule has 3 aliphatic carbocycles. The second-order valence-electron chi connectivity index (χ2n) is 8.22. The number of amides is 2. The van der Waals surface area contributed by atoms with Crippen LogP contribution in [0.3, 0.4) is 0 Å². The Balaban J connectivity index is 1.62. The Morgan fingerprint density at radius 1 is 1.06 bits per heavy atom. The fraction of sp³-hybridized carbons (Fsp3) is 0.667. The standard InChI is InChI=1S/C18H21F4N3O4S2/c19-9-5-11(6-9)25-31(28,29)14-12-7-10(23-17(27)18(20,21)22)3-4-13(12)30-16(14)24-15(26)8-1-2-8/h8-11,25H,1-7H2,(H,23,27)(H,24,26)/t9?,10-,11?/m0/s1. The molecule has 1 atom stereocenters. The summed E-state index contributed by atoms with van der Waals surface area (Å²) >= 11 is 1.08. The minimum absolute atomic E-state index is 0.0413. The van der Waals surface area contributed by atoms with Gasteiger partial charge in [0.15, 0.2) is 0 Å². The zero-order valence-corrected chi connectivity index (χ0v) is 17.9. The first-order valence-electron chi connectivity index (χ1n) is 9.93. The van der Waals surface area contributed by atoms with Gasteiger partial charge in [0.05, 0.1) is 0 Å². The molecule has 0 aromatic carbocycles. The van der Waals surface area contributed by atoms with Crippen molar-refractivity contribution < 1.29 is 35.6 Å². The molecule has 0 spiro atoms. The average Bonchev–Trinajstić information content (AvgIpc) is 3.41. The maximum Gasteiger partial charge on any atom is 0.471 e. The molecule has 0 bridgehead atoms. The molecule has 172 valence electrons. The summed E-state index contributed by atoms with van der Waals surface area (Å²) in [6.45, 7) is 0. The molecule has 1 heterocycles. The summed E-state index contributed by atoms with van der Waals surface area (Å²) in [5, 5.41) is 4.69. The fourth-order valence-corrected chi connectivity index (χ4v) is 7.03. The molecule has 2 fully saturated rings. The summed E-state index contributed by atoms with van der Waals surface area (Å²) in [6.07, 6.45) is -4.25. The van der Waals surface area contributed by atoms with Gasteiger partial charge < -0.3 is 10.6 Å². The monoisotopic (exact) mass is 483 g/mol. The van der Waals surface area contributed by atoms with Crippen LogP contribution in [0.5, 0.6) is 0 Å². The Morgan fingerprint density at radius 2 is 1.74 bits per heavy atom. The lowest BCUT2D eigenvalue weighted by atomic mass is 9.92. The van der Waals surface area contributed by atoms with Gasteiger partial charge in [-0.05, 0) is 50.5 Å². The Kier molecular flexibility index (Phi) is 5.80. The second-order valence-corrected chi connectivity index (χ2v) is 11.0. The maximum atomic E-state index is 13.2. The quantitative estimate of drug-likeness (QED) is 0.541. The van der Waals surface area contributed by atoms with Crippen molar-refractivity contribution in [1.82, 2.24) is 10.0 Å². The van der Waals surface area contributed by atoms with Crippen LogP contribution in [0.2, 0.25) is 0 Å². The van der Waals surface area contributed by atoms with Crippen molar-refractivity contribution >= 4 is 38.2 Å². The molecule has 0 radical (unpaired) electrons. The van der Waals surface area contributed by atoms with Crippen LogP contribution >= 0.6 is 11.3 Å². The van der Waals surface area contributed by atoms with E-state index in [4.69, 9.17) is 0 Å². The molecule has 4 rings (SSSR count). The number of aryl methyl sites for hydroxylation is 1. The predicted molar refractivity (Wildman–Crippen MR) is 104 cm³/mol. The van der Waals surface area contributed by atoms with Crippen molar-refractivity contribution in [2.45, 2.75) is 74.3 Å². The van der Waals surface area contributed by atoms with E-state index < -0.39 is 40.4 Å². The average molecular weight is 484 g/mol. The van der Waals surface area contributed by atoms with E-state index in [1.165, 1.54) is 0 Å². The number of rotatable bonds is 6. The lowest BCUT2D eigenvalue weighted by Gasteiger charge is -2.30. The molecule has 1 aromatic heterocycles. The number of hydrogen-bond donors (Lipinski definition) is 3. The Bertz CT molecular complexity index is 998. The minimum Gasteiger partial charge on any atom is -0.345 e. The van der Waals surface area contributed by atoms with E-state index in [0.29, 0.717) is 23.3 Å². The van der Waals surface area contributed by atoms with E-state index in [1.54, 1.807) is 0 Å². The number of fused-ring (bicyclic) bond motifs is 1. The van der Waals surface area contributed by atoms with E-state index in [2.05, 4.69) is 10.0 Å². The van der Waals surface area contributed by atoms with Crippen LogP contribution < -0.4 is 15.4 Å². The van der Waals surface area contributed by atoms with Crippen molar-refractivity contribution in [2.75, 3.05) is 5.32 Å². The molecule has 3 N–H and O–H groups in total. The van der Waals surface area contributed by atoms with Gasteiger partial charge in [-0.1, -0.05) is 0 Å². The van der Waals surface area contributed by atoms with Gasteiger partial charge in [-0.3, -0.25) is 9.59 Å². The molecule has 0 unspecified atom stereocenters. The van der Waals surface area contributed by atoms with Gasteiger partial charge in [0.2, 0.25) is 15.9 Å². The lowest BCUT2D eigenvalue weighted by molar-refractivity contribution is -0.174. The maximum absolute atomic E-state index is 13.2.